The van der Waals surface area contributed by atoms with Crippen LogP contribution in [0.3, 0.4) is 0 Å². The van der Waals surface area contributed by atoms with Crippen molar-refractivity contribution in [1.29, 1.82) is 0 Å². The van der Waals surface area contributed by atoms with Gasteiger partial charge in [-0.1, -0.05) is 32.0 Å². The number of H-pyrrole nitrogens is 1. The van der Waals surface area contributed by atoms with E-state index in [4.69, 9.17) is 0 Å². The molecule has 3 rings (SSSR count). The van der Waals surface area contributed by atoms with Crippen molar-refractivity contribution in [2.75, 3.05) is 5.43 Å². The molecule has 0 atom stereocenters. The smallest absolute Gasteiger partial charge is 0.0721 e. The molecule has 0 amide bonds. The van der Waals surface area contributed by atoms with Crippen LogP contribution in [0, 0.1) is 12.3 Å². The maximum absolute atomic E-state index is 4.63. The van der Waals surface area contributed by atoms with Gasteiger partial charge in [-0.15, -0.1) is 0 Å². The average molecular weight is 268 g/mol. The minimum atomic E-state index is 0.200. The van der Waals surface area contributed by atoms with Gasteiger partial charge in [0.2, 0.25) is 0 Å². The molecule has 0 saturated heterocycles. The molecule has 1 aromatic carbocycles. The van der Waals surface area contributed by atoms with Crippen LogP contribution in [0.5, 0.6) is 0 Å². The van der Waals surface area contributed by atoms with E-state index in [0.717, 1.165) is 35.6 Å². The number of anilines is 1. The van der Waals surface area contributed by atoms with Crippen molar-refractivity contribution in [2.24, 2.45) is 10.5 Å². The quantitative estimate of drug-likeness (QED) is 0.819. The molecule has 0 aliphatic heterocycles. The third-order valence-corrected chi connectivity index (χ3v) is 3.70. The fraction of sp³-hybridized carbons (Fsp3) is 0.375. The Balaban J connectivity index is 1.94. The minimum absolute atomic E-state index is 0.200. The van der Waals surface area contributed by atoms with Gasteiger partial charge in [0.1, 0.15) is 0 Å². The zero-order chi connectivity index (χ0) is 14.2. The molecule has 104 valence electrons. The molecule has 2 N–H and O–H groups in total. The normalized spacial score (nSPS) is 18.9. The van der Waals surface area contributed by atoms with Gasteiger partial charge in [0.15, 0.2) is 0 Å². The maximum atomic E-state index is 4.63. The highest BCUT2D eigenvalue weighted by Crippen LogP contribution is 2.35. The maximum Gasteiger partial charge on any atom is 0.0721 e. The lowest BCUT2D eigenvalue weighted by molar-refractivity contribution is 0.368. The van der Waals surface area contributed by atoms with E-state index in [1.54, 1.807) is 0 Å². The largest absolute Gasteiger partial charge is 0.282 e. The Bertz CT molecular complexity index is 638. The number of hydrogen-bond donors (Lipinski definition) is 2. The van der Waals surface area contributed by atoms with E-state index >= 15 is 0 Å². The number of aryl methyl sites for hydroxylation is 1. The second-order valence-corrected chi connectivity index (χ2v) is 6.22. The molecule has 1 heterocycles. The molecule has 1 aromatic heterocycles. The van der Waals surface area contributed by atoms with Gasteiger partial charge < -0.3 is 0 Å². The summed E-state index contributed by atoms with van der Waals surface area (Å²) >= 11 is 0. The van der Waals surface area contributed by atoms with Crippen LogP contribution in [-0.4, -0.2) is 15.9 Å². The van der Waals surface area contributed by atoms with Gasteiger partial charge >= 0.3 is 0 Å². The van der Waals surface area contributed by atoms with E-state index in [0.29, 0.717) is 0 Å². The van der Waals surface area contributed by atoms with Gasteiger partial charge in [-0.05, 0) is 37.3 Å². The molecule has 0 fully saturated rings. The predicted molar refractivity (Wildman–Crippen MR) is 82.0 cm³/mol. The average Bonchev–Trinajstić information content (AvgIpc) is 2.77. The lowest BCUT2D eigenvalue weighted by Crippen LogP contribution is -2.28. The molecule has 4 nitrogen and oxygen atoms in total. The second-order valence-electron chi connectivity index (χ2n) is 6.22. The van der Waals surface area contributed by atoms with Crippen LogP contribution in [0.15, 0.2) is 35.4 Å². The van der Waals surface area contributed by atoms with Gasteiger partial charge in [-0.2, -0.15) is 10.2 Å². The number of benzene rings is 1. The van der Waals surface area contributed by atoms with Crippen molar-refractivity contribution in [3.63, 3.8) is 0 Å². The summed E-state index contributed by atoms with van der Waals surface area (Å²) in [5.41, 5.74) is 8.87. The number of aromatic amines is 1. The first-order valence-electron chi connectivity index (χ1n) is 6.97. The Morgan fingerprint density at radius 2 is 1.95 bits per heavy atom. The Kier molecular flexibility index (Phi) is 3.08. The Labute approximate surface area is 119 Å². The fourth-order valence-electron chi connectivity index (χ4n) is 2.79. The van der Waals surface area contributed by atoms with Gasteiger partial charge in [0.25, 0.3) is 0 Å². The number of rotatable bonds is 2. The van der Waals surface area contributed by atoms with Crippen LogP contribution in [0.1, 0.15) is 37.2 Å². The highest BCUT2D eigenvalue weighted by molar-refractivity contribution is 6.04. The second kappa shape index (κ2) is 4.78. The molecule has 0 spiro atoms. The van der Waals surface area contributed by atoms with Crippen LogP contribution < -0.4 is 5.43 Å². The van der Waals surface area contributed by atoms with E-state index in [9.17, 15) is 0 Å². The van der Waals surface area contributed by atoms with Gasteiger partial charge in [0.05, 0.1) is 17.1 Å². The molecular weight excluding hydrogens is 248 g/mol. The fourth-order valence-corrected chi connectivity index (χ4v) is 2.79. The molecule has 4 heteroatoms. The Morgan fingerprint density at radius 3 is 2.70 bits per heavy atom. The predicted octanol–water partition coefficient (Wildman–Crippen LogP) is 3.51. The zero-order valence-electron chi connectivity index (χ0n) is 12.2. The third-order valence-electron chi connectivity index (χ3n) is 3.70. The topological polar surface area (TPSA) is 53.1 Å². The zero-order valence-corrected chi connectivity index (χ0v) is 12.2. The molecular formula is C16H20N4. The summed E-state index contributed by atoms with van der Waals surface area (Å²) in [5.74, 6) is 0. The van der Waals surface area contributed by atoms with E-state index in [-0.39, 0.29) is 5.41 Å². The Hall–Kier alpha value is -2.10. The van der Waals surface area contributed by atoms with E-state index in [2.05, 4.69) is 41.5 Å². The van der Waals surface area contributed by atoms with Crippen molar-refractivity contribution in [3.8, 4) is 0 Å². The molecule has 0 bridgehead atoms. The van der Waals surface area contributed by atoms with Crippen molar-refractivity contribution in [2.45, 2.75) is 33.6 Å². The molecule has 0 unspecified atom stereocenters. The lowest BCUT2D eigenvalue weighted by Gasteiger charge is -2.29. The molecule has 0 radical (unpaired) electrons. The molecule has 0 saturated carbocycles. The van der Waals surface area contributed by atoms with Crippen LogP contribution in [0.25, 0.3) is 0 Å². The van der Waals surface area contributed by atoms with Gasteiger partial charge in [-0.25, -0.2) is 0 Å². The summed E-state index contributed by atoms with van der Waals surface area (Å²) in [6.45, 7) is 6.58. The first kappa shape index (κ1) is 12.9. The van der Waals surface area contributed by atoms with Crippen LogP contribution >= 0.6 is 0 Å². The van der Waals surface area contributed by atoms with Crippen LogP contribution in [0.2, 0.25) is 0 Å². The number of para-hydroxylation sites is 1. The van der Waals surface area contributed by atoms with Crippen LogP contribution in [0.4, 0.5) is 5.69 Å². The van der Waals surface area contributed by atoms with Crippen molar-refractivity contribution in [3.05, 3.63) is 47.3 Å². The SMILES string of the molecule is Cc1[nH]nc2c1/C(=N\Nc1ccccc1)CC(C)(C)C2. The molecule has 1 aliphatic carbocycles. The minimum Gasteiger partial charge on any atom is -0.282 e. The van der Waals surface area contributed by atoms with E-state index in [1.807, 2.05) is 30.3 Å². The molecule has 1 aliphatic rings. The summed E-state index contributed by atoms with van der Waals surface area (Å²) < 4.78 is 0. The number of hydrazone groups is 1. The number of aromatic nitrogens is 2. The number of fused-ring (bicyclic) bond motifs is 1. The molecule has 2 aromatic rings. The number of hydrogen-bond acceptors (Lipinski definition) is 3. The summed E-state index contributed by atoms with van der Waals surface area (Å²) in [5, 5.41) is 12.1. The van der Waals surface area contributed by atoms with Crippen molar-refractivity contribution >= 4 is 11.4 Å². The van der Waals surface area contributed by atoms with Crippen molar-refractivity contribution < 1.29 is 0 Å². The van der Waals surface area contributed by atoms with Gasteiger partial charge in [-0.3, -0.25) is 10.5 Å². The Morgan fingerprint density at radius 1 is 1.20 bits per heavy atom. The standard InChI is InChI=1S/C16H20N4/c1-11-15-13(19-17-11)9-16(2,3)10-14(15)20-18-12-7-5-4-6-8-12/h4-8,18H,9-10H2,1-3H3,(H,17,19)/b20-14-. The summed E-state index contributed by atoms with van der Waals surface area (Å²) in [6, 6.07) is 10.0. The highest BCUT2D eigenvalue weighted by atomic mass is 15.3. The first-order valence-corrected chi connectivity index (χ1v) is 6.97. The monoisotopic (exact) mass is 268 g/mol. The molecule has 20 heavy (non-hydrogen) atoms. The number of nitrogens with one attached hydrogen (secondary N) is 2. The first-order chi connectivity index (χ1) is 9.55. The van der Waals surface area contributed by atoms with Gasteiger partial charge in [0, 0.05) is 11.3 Å². The summed E-state index contributed by atoms with van der Waals surface area (Å²) in [4.78, 5) is 0. The van der Waals surface area contributed by atoms with E-state index in [1.165, 1.54) is 5.56 Å². The number of nitrogens with zero attached hydrogens (tertiary/aromatic N) is 2. The van der Waals surface area contributed by atoms with Crippen molar-refractivity contribution in [1.82, 2.24) is 10.2 Å². The third kappa shape index (κ3) is 2.46. The van der Waals surface area contributed by atoms with Crippen LogP contribution in [-0.2, 0) is 6.42 Å². The summed E-state index contributed by atoms with van der Waals surface area (Å²) in [7, 11) is 0. The van der Waals surface area contributed by atoms with E-state index < -0.39 is 0 Å². The summed E-state index contributed by atoms with van der Waals surface area (Å²) in [6.07, 6.45) is 1.96. The lowest BCUT2D eigenvalue weighted by atomic mass is 9.75. The highest BCUT2D eigenvalue weighted by Gasteiger charge is 2.32.